The summed E-state index contributed by atoms with van der Waals surface area (Å²) in [6.45, 7) is 3.32. The number of cyclic esters (lactones) is 2. The summed E-state index contributed by atoms with van der Waals surface area (Å²) in [6, 6.07) is 7.70. The maximum Gasteiger partial charge on any atom is 0.363 e. The fraction of sp³-hybridized carbons (Fsp3) is 0.111. The van der Waals surface area contributed by atoms with E-state index in [-0.39, 0.29) is 11.9 Å². The Bertz CT molecular complexity index is 858. The van der Waals surface area contributed by atoms with Gasteiger partial charge in [0.25, 0.3) is 0 Å². The van der Waals surface area contributed by atoms with Gasteiger partial charge in [0.15, 0.2) is 23.2 Å². The van der Waals surface area contributed by atoms with Crippen molar-refractivity contribution in [2.45, 2.75) is 13.8 Å². The molecule has 2 aliphatic rings. The monoisotopic (exact) mass is 386 g/mol. The number of ether oxygens (including phenoxy) is 2. The van der Waals surface area contributed by atoms with Crippen LogP contribution in [-0.2, 0) is 19.1 Å². The second-order valence-electron chi connectivity index (χ2n) is 5.13. The molecule has 132 valence electrons. The zero-order valence-corrected chi connectivity index (χ0v) is 15.6. The Balaban J connectivity index is 0.000000151. The van der Waals surface area contributed by atoms with Crippen molar-refractivity contribution in [2.24, 2.45) is 9.98 Å². The Morgan fingerprint density at radius 2 is 1.23 bits per heavy atom. The van der Waals surface area contributed by atoms with Gasteiger partial charge in [-0.15, -0.1) is 22.7 Å². The Hall–Kier alpha value is -2.84. The van der Waals surface area contributed by atoms with E-state index in [1.165, 1.54) is 0 Å². The molecule has 4 rings (SSSR count). The lowest BCUT2D eigenvalue weighted by Crippen LogP contribution is -1.99. The van der Waals surface area contributed by atoms with E-state index in [0.29, 0.717) is 23.2 Å². The standard InChI is InChI=1S/2C9H7NO2S/c2*1-6-10-8(9(11)12-6)5-7-3-2-4-13-7/h2*2-5H,1H3/b2*8-5-. The third-order valence-corrected chi connectivity index (χ3v) is 4.74. The zero-order chi connectivity index (χ0) is 18.5. The molecule has 0 aromatic carbocycles. The largest absolute Gasteiger partial charge is 0.407 e. The molecule has 2 aliphatic heterocycles. The number of hydrogen-bond donors (Lipinski definition) is 0. The van der Waals surface area contributed by atoms with Gasteiger partial charge in [0.1, 0.15) is 0 Å². The highest BCUT2D eigenvalue weighted by Crippen LogP contribution is 2.19. The molecule has 0 N–H and O–H groups in total. The topological polar surface area (TPSA) is 77.3 Å². The Labute approximate surface area is 157 Å². The van der Waals surface area contributed by atoms with Crippen molar-refractivity contribution in [1.82, 2.24) is 0 Å². The van der Waals surface area contributed by atoms with E-state index in [2.05, 4.69) is 9.98 Å². The maximum atomic E-state index is 11.1. The maximum absolute atomic E-state index is 11.1. The molecule has 4 heterocycles. The predicted octanol–water partition coefficient (Wildman–Crippen LogP) is 4.13. The lowest BCUT2D eigenvalue weighted by Gasteiger charge is -1.88. The number of rotatable bonds is 2. The molecule has 0 amide bonds. The van der Waals surface area contributed by atoms with Crippen LogP contribution in [0.5, 0.6) is 0 Å². The fourth-order valence-electron chi connectivity index (χ4n) is 2.05. The summed E-state index contributed by atoms with van der Waals surface area (Å²) in [7, 11) is 0. The summed E-state index contributed by atoms with van der Waals surface area (Å²) in [6.07, 6.45) is 3.45. The van der Waals surface area contributed by atoms with Gasteiger partial charge >= 0.3 is 11.9 Å². The molecule has 8 heteroatoms. The molecule has 26 heavy (non-hydrogen) atoms. The Morgan fingerprint density at radius 1 is 0.808 bits per heavy atom. The molecule has 2 aromatic heterocycles. The molecule has 0 saturated carbocycles. The van der Waals surface area contributed by atoms with Gasteiger partial charge in [0.2, 0.25) is 0 Å². The summed E-state index contributed by atoms with van der Waals surface area (Å²) >= 11 is 3.12. The van der Waals surface area contributed by atoms with Crippen LogP contribution in [0.15, 0.2) is 56.4 Å². The van der Waals surface area contributed by atoms with Gasteiger partial charge in [0, 0.05) is 23.6 Å². The van der Waals surface area contributed by atoms with Gasteiger partial charge in [-0.3, -0.25) is 0 Å². The van der Waals surface area contributed by atoms with Crippen LogP contribution in [-0.4, -0.2) is 23.7 Å². The van der Waals surface area contributed by atoms with Crippen LogP contribution < -0.4 is 0 Å². The zero-order valence-electron chi connectivity index (χ0n) is 14.0. The molecule has 0 radical (unpaired) electrons. The number of carbonyl (C=O) groups is 2. The summed E-state index contributed by atoms with van der Waals surface area (Å²) in [5.74, 6) is 0.0809. The minimum absolute atomic E-state index is 0.370. The number of thiophene rings is 2. The van der Waals surface area contributed by atoms with E-state index in [9.17, 15) is 9.59 Å². The lowest BCUT2D eigenvalue weighted by atomic mass is 10.3. The van der Waals surface area contributed by atoms with Crippen LogP contribution in [0.1, 0.15) is 23.6 Å². The van der Waals surface area contributed by atoms with E-state index in [1.54, 1.807) is 48.7 Å². The normalized spacial score (nSPS) is 19.0. The highest BCUT2D eigenvalue weighted by Gasteiger charge is 2.20. The summed E-state index contributed by atoms with van der Waals surface area (Å²) < 4.78 is 9.54. The van der Waals surface area contributed by atoms with Gasteiger partial charge in [0.05, 0.1) is 0 Å². The molecular weight excluding hydrogens is 372 g/mol. The van der Waals surface area contributed by atoms with E-state index in [1.807, 2.05) is 35.0 Å². The number of hydrogen-bond acceptors (Lipinski definition) is 8. The number of esters is 2. The van der Waals surface area contributed by atoms with Crippen molar-refractivity contribution < 1.29 is 19.1 Å². The first-order valence-corrected chi connectivity index (χ1v) is 9.32. The van der Waals surface area contributed by atoms with Crippen molar-refractivity contribution >= 4 is 58.6 Å². The summed E-state index contributed by atoms with van der Waals surface area (Å²) in [4.78, 5) is 32.1. The van der Waals surface area contributed by atoms with Crippen LogP contribution in [0.2, 0.25) is 0 Å². The van der Waals surface area contributed by atoms with Crippen LogP contribution in [0.25, 0.3) is 12.2 Å². The van der Waals surface area contributed by atoms with E-state index >= 15 is 0 Å². The highest BCUT2D eigenvalue weighted by atomic mass is 32.1. The van der Waals surface area contributed by atoms with Crippen molar-refractivity contribution in [3.63, 3.8) is 0 Å². The third-order valence-electron chi connectivity index (χ3n) is 3.10. The minimum Gasteiger partial charge on any atom is -0.407 e. The van der Waals surface area contributed by atoms with Crippen molar-refractivity contribution in [2.75, 3.05) is 0 Å². The lowest BCUT2D eigenvalue weighted by molar-refractivity contribution is -0.130. The van der Waals surface area contributed by atoms with Gasteiger partial charge in [-0.1, -0.05) is 12.1 Å². The van der Waals surface area contributed by atoms with Gasteiger partial charge in [-0.25, -0.2) is 19.6 Å². The van der Waals surface area contributed by atoms with Crippen molar-refractivity contribution in [1.29, 1.82) is 0 Å². The van der Waals surface area contributed by atoms with Gasteiger partial charge in [-0.05, 0) is 35.0 Å². The van der Waals surface area contributed by atoms with Crippen LogP contribution >= 0.6 is 22.7 Å². The highest BCUT2D eigenvalue weighted by molar-refractivity contribution is 7.11. The smallest absolute Gasteiger partial charge is 0.363 e. The second kappa shape index (κ2) is 8.03. The SMILES string of the molecule is CC1=N/C(=C\c2cccs2)C(=O)O1.CC1=N/C(=C\c2cccs2)C(=O)O1. The van der Waals surface area contributed by atoms with Crippen molar-refractivity contribution in [3.05, 3.63) is 56.2 Å². The average molecular weight is 386 g/mol. The van der Waals surface area contributed by atoms with E-state index in [4.69, 9.17) is 9.47 Å². The Kier molecular flexibility index (Phi) is 5.55. The molecule has 0 fully saturated rings. The predicted molar refractivity (Wildman–Crippen MR) is 103 cm³/mol. The van der Waals surface area contributed by atoms with Crippen molar-refractivity contribution in [3.8, 4) is 0 Å². The van der Waals surface area contributed by atoms with Crippen LogP contribution in [0.3, 0.4) is 0 Å². The number of carbonyl (C=O) groups excluding carboxylic acids is 2. The first-order chi connectivity index (χ1) is 12.5. The second-order valence-corrected chi connectivity index (χ2v) is 7.09. The van der Waals surface area contributed by atoms with E-state index < -0.39 is 0 Å². The third kappa shape index (κ3) is 4.62. The quantitative estimate of drug-likeness (QED) is 0.574. The minimum atomic E-state index is -0.370. The molecule has 2 aromatic rings. The molecule has 6 nitrogen and oxygen atoms in total. The number of aliphatic imine (C=N–C) groups is 2. The summed E-state index contributed by atoms with van der Waals surface area (Å²) in [5, 5.41) is 3.90. The van der Waals surface area contributed by atoms with Crippen LogP contribution in [0, 0.1) is 0 Å². The molecule has 0 bridgehead atoms. The molecule has 0 atom stereocenters. The molecule has 0 spiro atoms. The Morgan fingerprint density at radius 3 is 1.50 bits per heavy atom. The average Bonchev–Trinajstić information content (AvgIpc) is 3.35. The first-order valence-electron chi connectivity index (χ1n) is 7.56. The van der Waals surface area contributed by atoms with Gasteiger partial charge < -0.3 is 9.47 Å². The first kappa shape index (κ1) is 18.0. The molecule has 0 aliphatic carbocycles. The molecule has 0 saturated heterocycles. The summed E-state index contributed by atoms with van der Waals surface area (Å²) in [5.41, 5.74) is 0.750. The van der Waals surface area contributed by atoms with Crippen LogP contribution in [0.4, 0.5) is 0 Å². The fourth-order valence-corrected chi connectivity index (χ4v) is 3.35. The molecule has 0 unspecified atom stereocenters. The van der Waals surface area contributed by atoms with E-state index in [0.717, 1.165) is 9.75 Å². The van der Waals surface area contributed by atoms with Gasteiger partial charge in [-0.2, -0.15) is 0 Å². The number of nitrogens with zero attached hydrogens (tertiary/aromatic N) is 2. The molecular formula is C18H14N2O4S2.